The first-order valence-electron chi connectivity index (χ1n) is 5.73. The number of nitrogens with one attached hydrogen (secondary N) is 2. The van der Waals surface area contributed by atoms with E-state index in [1.807, 2.05) is 36.0 Å². The van der Waals surface area contributed by atoms with Crippen LogP contribution in [0.15, 0.2) is 29.2 Å². The smallest absolute Gasteiger partial charge is 0.275 e. The maximum atomic E-state index is 11.2. The minimum Gasteiger partial charge on any atom is -0.346 e. The molecule has 0 aromatic heterocycles. The van der Waals surface area contributed by atoms with E-state index in [1.165, 1.54) is 9.80 Å². The second-order valence-electron chi connectivity index (χ2n) is 4.08. The summed E-state index contributed by atoms with van der Waals surface area (Å²) in [6.07, 6.45) is 0. The fourth-order valence-corrected chi connectivity index (χ4v) is 2.90. The maximum Gasteiger partial charge on any atom is 0.275 e. The molecule has 1 heterocycles. The highest BCUT2D eigenvalue weighted by molar-refractivity contribution is 7.99. The van der Waals surface area contributed by atoms with Gasteiger partial charge in [-0.2, -0.15) is 0 Å². The van der Waals surface area contributed by atoms with Crippen LogP contribution in [-0.4, -0.2) is 37.8 Å². The fourth-order valence-electron chi connectivity index (χ4n) is 1.81. The Balaban J connectivity index is 1.72. The highest BCUT2D eigenvalue weighted by Gasteiger charge is 2.18. The quantitative estimate of drug-likeness (QED) is 0.780. The first-order valence-corrected chi connectivity index (χ1v) is 7.09. The molecule has 0 aliphatic carbocycles. The largest absolute Gasteiger partial charge is 0.346 e. The normalized spacial score (nSPS) is 20.1. The summed E-state index contributed by atoms with van der Waals surface area (Å²) in [5.41, 5.74) is 0. The summed E-state index contributed by atoms with van der Waals surface area (Å²) in [7, 11) is 0. The van der Waals surface area contributed by atoms with E-state index in [0.717, 1.165) is 30.4 Å². The molecule has 92 valence electrons. The number of piperazine rings is 1. The summed E-state index contributed by atoms with van der Waals surface area (Å²) < 4.78 is 0. The minimum absolute atomic E-state index is 0.169. The van der Waals surface area contributed by atoms with Crippen molar-refractivity contribution in [3.05, 3.63) is 29.3 Å². The molecule has 1 amide bonds. The van der Waals surface area contributed by atoms with E-state index in [1.54, 1.807) is 0 Å². The monoisotopic (exact) mass is 271 g/mol. The van der Waals surface area contributed by atoms with Crippen LogP contribution in [0.1, 0.15) is 0 Å². The van der Waals surface area contributed by atoms with E-state index in [0.29, 0.717) is 6.54 Å². The summed E-state index contributed by atoms with van der Waals surface area (Å²) in [5.74, 6) is 1.20. The molecule has 1 aliphatic rings. The average Bonchev–Trinajstić information content (AvgIpc) is 2.32. The highest BCUT2D eigenvalue weighted by Crippen LogP contribution is 2.19. The van der Waals surface area contributed by atoms with Crippen LogP contribution in [-0.2, 0) is 4.79 Å². The van der Waals surface area contributed by atoms with Gasteiger partial charge >= 0.3 is 0 Å². The van der Waals surface area contributed by atoms with Crippen molar-refractivity contribution in [1.29, 1.82) is 0 Å². The summed E-state index contributed by atoms with van der Waals surface area (Å²) in [6.45, 7) is 3.48. The predicted molar refractivity (Wildman–Crippen MR) is 70.7 cm³/mol. The van der Waals surface area contributed by atoms with Crippen molar-refractivity contribution in [2.75, 3.05) is 31.9 Å². The van der Waals surface area contributed by atoms with Gasteiger partial charge in [0, 0.05) is 15.7 Å². The molecule has 2 rings (SSSR count). The van der Waals surface area contributed by atoms with E-state index >= 15 is 0 Å². The Kier molecular flexibility index (Phi) is 4.71. The van der Waals surface area contributed by atoms with Crippen LogP contribution >= 0.6 is 23.4 Å². The van der Waals surface area contributed by atoms with E-state index < -0.39 is 0 Å². The van der Waals surface area contributed by atoms with Gasteiger partial charge in [-0.15, -0.1) is 11.8 Å². The third kappa shape index (κ3) is 4.22. The Morgan fingerprint density at radius 3 is 2.82 bits per heavy atom. The Morgan fingerprint density at radius 1 is 1.35 bits per heavy atom. The van der Waals surface area contributed by atoms with E-state index in [2.05, 4.69) is 5.32 Å². The van der Waals surface area contributed by atoms with Crippen molar-refractivity contribution in [3.8, 4) is 0 Å². The first-order chi connectivity index (χ1) is 8.24. The highest BCUT2D eigenvalue weighted by atomic mass is 35.5. The molecule has 0 spiro atoms. The third-order valence-corrected chi connectivity index (χ3v) is 4.01. The van der Waals surface area contributed by atoms with Crippen LogP contribution in [0.4, 0.5) is 0 Å². The topological polar surface area (TPSA) is 33.5 Å². The Bertz CT molecular complexity index is 383. The number of quaternary nitrogens is 1. The molecule has 2 N–H and O–H groups in total. The SMILES string of the molecule is O=C1C[NH+](CCSc2ccc(Cl)cc2)CCN1. The third-order valence-electron chi connectivity index (χ3n) is 2.75. The van der Waals surface area contributed by atoms with Crippen LogP contribution in [0, 0.1) is 0 Å². The molecule has 17 heavy (non-hydrogen) atoms. The number of carbonyl (C=O) groups excluding carboxylic acids is 1. The lowest BCUT2D eigenvalue weighted by atomic mass is 10.3. The van der Waals surface area contributed by atoms with Crippen molar-refractivity contribution < 1.29 is 9.69 Å². The molecule has 1 aliphatic heterocycles. The molecule has 3 nitrogen and oxygen atoms in total. The maximum absolute atomic E-state index is 11.2. The van der Waals surface area contributed by atoms with E-state index in [-0.39, 0.29) is 5.91 Å². The van der Waals surface area contributed by atoms with Gasteiger partial charge in [0.2, 0.25) is 0 Å². The lowest BCUT2D eigenvalue weighted by molar-refractivity contribution is -0.890. The van der Waals surface area contributed by atoms with Crippen LogP contribution in [0.3, 0.4) is 0 Å². The summed E-state index contributed by atoms with van der Waals surface area (Å²) in [6, 6.07) is 7.88. The average molecular weight is 272 g/mol. The fraction of sp³-hybridized carbons (Fsp3) is 0.417. The molecular formula is C12H16ClN2OS+. The van der Waals surface area contributed by atoms with Gasteiger partial charge in [0.05, 0.1) is 19.6 Å². The van der Waals surface area contributed by atoms with Crippen molar-refractivity contribution in [3.63, 3.8) is 0 Å². The molecule has 1 saturated heterocycles. The number of halogens is 1. The van der Waals surface area contributed by atoms with Gasteiger partial charge in [-0.05, 0) is 24.3 Å². The predicted octanol–water partition coefficient (Wildman–Crippen LogP) is 0.447. The second kappa shape index (κ2) is 6.28. The van der Waals surface area contributed by atoms with Crippen LogP contribution in [0.2, 0.25) is 5.02 Å². The number of rotatable bonds is 4. The first kappa shape index (κ1) is 12.7. The molecule has 0 bridgehead atoms. The van der Waals surface area contributed by atoms with Crippen LogP contribution in [0.25, 0.3) is 0 Å². The number of amides is 1. The Labute approximate surface area is 111 Å². The number of benzene rings is 1. The second-order valence-corrected chi connectivity index (χ2v) is 5.68. The van der Waals surface area contributed by atoms with Gasteiger partial charge in [-0.3, -0.25) is 4.79 Å². The van der Waals surface area contributed by atoms with Gasteiger partial charge in [-0.1, -0.05) is 11.6 Å². The van der Waals surface area contributed by atoms with Gasteiger partial charge in [-0.25, -0.2) is 0 Å². The van der Waals surface area contributed by atoms with Crippen molar-refractivity contribution in [2.24, 2.45) is 0 Å². The molecule has 1 unspecified atom stereocenters. The summed E-state index contributed by atoms with van der Waals surface area (Å²) in [4.78, 5) is 13.8. The molecule has 5 heteroatoms. The molecule has 1 atom stereocenters. The molecular weight excluding hydrogens is 256 g/mol. The van der Waals surface area contributed by atoms with Gasteiger partial charge in [0.1, 0.15) is 0 Å². The zero-order valence-corrected chi connectivity index (χ0v) is 11.1. The van der Waals surface area contributed by atoms with Gasteiger partial charge < -0.3 is 10.2 Å². The minimum atomic E-state index is 0.169. The zero-order chi connectivity index (χ0) is 12.1. The van der Waals surface area contributed by atoms with Crippen molar-refractivity contribution in [2.45, 2.75) is 4.90 Å². The van der Waals surface area contributed by atoms with Crippen molar-refractivity contribution >= 4 is 29.3 Å². The Morgan fingerprint density at radius 2 is 2.12 bits per heavy atom. The number of carbonyl (C=O) groups is 1. The van der Waals surface area contributed by atoms with Crippen LogP contribution < -0.4 is 10.2 Å². The molecule has 0 saturated carbocycles. The summed E-state index contributed by atoms with van der Waals surface area (Å²) >= 11 is 7.64. The standard InChI is InChI=1S/C12H15ClN2OS/c13-10-1-3-11(4-2-10)17-8-7-15-6-5-14-12(16)9-15/h1-4H,5-9H2,(H,14,16)/p+1. The van der Waals surface area contributed by atoms with Gasteiger partial charge in [0.25, 0.3) is 5.91 Å². The van der Waals surface area contributed by atoms with Crippen molar-refractivity contribution in [1.82, 2.24) is 5.32 Å². The number of thioether (sulfide) groups is 1. The summed E-state index contributed by atoms with van der Waals surface area (Å²) in [5, 5.41) is 3.62. The van der Waals surface area contributed by atoms with E-state index in [9.17, 15) is 4.79 Å². The van der Waals surface area contributed by atoms with Gasteiger partial charge in [0.15, 0.2) is 6.54 Å². The number of hydrogen-bond acceptors (Lipinski definition) is 2. The van der Waals surface area contributed by atoms with Crippen LogP contribution in [0.5, 0.6) is 0 Å². The molecule has 0 radical (unpaired) electrons. The number of hydrogen-bond donors (Lipinski definition) is 2. The zero-order valence-electron chi connectivity index (χ0n) is 9.54. The molecule has 1 aromatic carbocycles. The lowest BCUT2D eigenvalue weighted by Crippen LogP contribution is -3.15. The molecule has 1 aromatic rings. The lowest BCUT2D eigenvalue weighted by Gasteiger charge is -2.23. The Hall–Kier alpha value is -0.710. The molecule has 1 fully saturated rings. The van der Waals surface area contributed by atoms with E-state index in [4.69, 9.17) is 11.6 Å².